The lowest BCUT2D eigenvalue weighted by atomic mass is 10.1. The summed E-state index contributed by atoms with van der Waals surface area (Å²) in [4.78, 5) is 9.94. The fourth-order valence-electron chi connectivity index (χ4n) is 0.741. The Labute approximate surface area is 81.6 Å². The maximum Gasteiger partial charge on any atom is 0.207 e. The van der Waals surface area contributed by atoms with E-state index in [9.17, 15) is 4.79 Å². The number of hydrogen-bond acceptors (Lipinski definition) is 1. The first-order valence-corrected chi connectivity index (χ1v) is 4.95. The van der Waals surface area contributed by atoms with Crippen LogP contribution in [0.5, 0.6) is 0 Å². The molecule has 0 saturated heterocycles. The molecule has 1 amide bonds. The summed E-state index contributed by atoms with van der Waals surface area (Å²) in [5.41, 5.74) is 1.10. The molecule has 3 heteroatoms. The van der Waals surface area contributed by atoms with Gasteiger partial charge in [-0.2, -0.15) is 0 Å². The minimum atomic E-state index is 0.491. The van der Waals surface area contributed by atoms with E-state index in [1.54, 1.807) is 0 Å². The highest BCUT2D eigenvalue weighted by molar-refractivity contribution is 14.1. The summed E-state index contributed by atoms with van der Waals surface area (Å²) in [5.74, 6) is 0. The Morgan fingerprint density at radius 3 is 2.91 bits per heavy atom. The molecule has 0 heterocycles. The van der Waals surface area contributed by atoms with E-state index in [2.05, 4.69) is 41.4 Å². The van der Waals surface area contributed by atoms with Gasteiger partial charge in [-0.3, -0.25) is 4.79 Å². The van der Waals surface area contributed by atoms with Crippen LogP contribution in [0.1, 0.15) is 19.8 Å². The number of rotatable bonds is 6. The van der Waals surface area contributed by atoms with Crippen molar-refractivity contribution in [2.75, 3.05) is 6.54 Å². The molecule has 1 N–H and O–H groups in total. The standard InChI is InChI=1S/C8H14INO/c1-3-4-8(9)7(2)5-10-6-11/h6,8H,2-5H2,1H3,(H,10,11). The summed E-state index contributed by atoms with van der Waals surface area (Å²) in [5, 5.41) is 2.60. The molecule has 0 fully saturated rings. The second kappa shape index (κ2) is 6.64. The van der Waals surface area contributed by atoms with Gasteiger partial charge in [-0.1, -0.05) is 42.5 Å². The SMILES string of the molecule is C=C(CNC=O)C(I)CCC. The molecule has 2 nitrogen and oxygen atoms in total. The molecule has 0 aromatic heterocycles. The minimum Gasteiger partial charge on any atom is -0.355 e. The number of carbonyl (C=O) groups is 1. The summed E-state index contributed by atoms with van der Waals surface area (Å²) in [6, 6.07) is 0. The smallest absolute Gasteiger partial charge is 0.207 e. The Morgan fingerprint density at radius 1 is 1.82 bits per heavy atom. The Hall–Kier alpha value is -0.0600. The Bertz CT molecular complexity index is 136. The van der Waals surface area contributed by atoms with Crippen LogP contribution in [-0.4, -0.2) is 16.9 Å². The normalized spacial score (nSPS) is 12.2. The molecule has 1 unspecified atom stereocenters. The average Bonchev–Trinajstić information content (AvgIpc) is 2.00. The fourth-order valence-corrected chi connectivity index (χ4v) is 1.58. The zero-order chi connectivity index (χ0) is 8.69. The molecule has 0 aromatic carbocycles. The number of nitrogens with one attached hydrogen (secondary N) is 1. The Kier molecular flexibility index (Phi) is 6.60. The van der Waals surface area contributed by atoms with Crippen LogP contribution in [0.15, 0.2) is 12.2 Å². The molecule has 64 valence electrons. The van der Waals surface area contributed by atoms with Gasteiger partial charge in [0.15, 0.2) is 0 Å². The third-order valence-corrected chi connectivity index (χ3v) is 2.90. The van der Waals surface area contributed by atoms with E-state index < -0.39 is 0 Å². The largest absolute Gasteiger partial charge is 0.355 e. The third kappa shape index (κ3) is 5.24. The molecule has 0 aliphatic rings. The quantitative estimate of drug-likeness (QED) is 0.338. The van der Waals surface area contributed by atoms with Gasteiger partial charge in [0.2, 0.25) is 6.41 Å². The van der Waals surface area contributed by atoms with Crippen LogP contribution in [0, 0.1) is 0 Å². The molecule has 0 spiro atoms. The van der Waals surface area contributed by atoms with Crippen LogP contribution < -0.4 is 5.32 Å². The van der Waals surface area contributed by atoms with Crippen LogP contribution >= 0.6 is 22.6 Å². The predicted molar refractivity (Wildman–Crippen MR) is 55.9 cm³/mol. The lowest BCUT2D eigenvalue weighted by Gasteiger charge is -2.10. The maximum absolute atomic E-state index is 9.94. The highest BCUT2D eigenvalue weighted by atomic mass is 127. The van der Waals surface area contributed by atoms with Crippen LogP contribution in [0.3, 0.4) is 0 Å². The summed E-state index contributed by atoms with van der Waals surface area (Å²) in [6.45, 7) is 6.64. The van der Waals surface area contributed by atoms with Gasteiger partial charge >= 0.3 is 0 Å². The zero-order valence-corrected chi connectivity index (χ0v) is 8.93. The van der Waals surface area contributed by atoms with Crippen molar-refractivity contribution in [3.63, 3.8) is 0 Å². The molecular formula is C8H14INO. The van der Waals surface area contributed by atoms with E-state index >= 15 is 0 Å². The molecule has 0 bridgehead atoms. The first-order chi connectivity index (χ1) is 5.22. The third-order valence-electron chi connectivity index (χ3n) is 1.40. The molecule has 0 saturated carbocycles. The highest BCUT2D eigenvalue weighted by Gasteiger charge is 2.05. The van der Waals surface area contributed by atoms with E-state index in [-0.39, 0.29) is 0 Å². The van der Waals surface area contributed by atoms with Gasteiger partial charge in [0, 0.05) is 10.5 Å². The van der Waals surface area contributed by atoms with Gasteiger partial charge in [0.05, 0.1) is 0 Å². The number of carbonyl (C=O) groups excluding carboxylic acids is 1. The average molecular weight is 267 g/mol. The number of alkyl halides is 1. The van der Waals surface area contributed by atoms with Gasteiger partial charge < -0.3 is 5.32 Å². The molecule has 0 rings (SSSR count). The minimum absolute atomic E-state index is 0.491. The molecule has 0 aliphatic heterocycles. The Balaban J connectivity index is 3.54. The van der Waals surface area contributed by atoms with Crippen LogP contribution in [0.25, 0.3) is 0 Å². The fraction of sp³-hybridized carbons (Fsp3) is 0.625. The van der Waals surface area contributed by atoms with Crippen molar-refractivity contribution in [3.05, 3.63) is 12.2 Å². The van der Waals surface area contributed by atoms with Gasteiger partial charge in [0.25, 0.3) is 0 Å². The first kappa shape index (κ1) is 10.9. The highest BCUT2D eigenvalue weighted by Crippen LogP contribution is 2.15. The predicted octanol–water partition coefficient (Wildman–Crippen LogP) is 1.89. The van der Waals surface area contributed by atoms with Gasteiger partial charge in [-0.25, -0.2) is 0 Å². The van der Waals surface area contributed by atoms with Crippen LogP contribution in [0.4, 0.5) is 0 Å². The number of hydrogen-bond donors (Lipinski definition) is 1. The molecule has 11 heavy (non-hydrogen) atoms. The van der Waals surface area contributed by atoms with Gasteiger partial charge in [-0.15, -0.1) is 0 Å². The molecule has 0 aromatic rings. The molecule has 0 radical (unpaired) electrons. The van der Waals surface area contributed by atoms with Crippen LogP contribution in [0.2, 0.25) is 0 Å². The molecule has 0 aliphatic carbocycles. The molecule has 1 atom stereocenters. The van der Waals surface area contributed by atoms with Crippen molar-refractivity contribution in [2.24, 2.45) is 0 Å². The van der Waals surface area contributed by atoms with E-state index in [1.807, 2.05) is 0 Å². The second-order valence-electron chi connectivity index (χ2n) is 2.41. The summed E-state index contributed by atoms with van der Waals surface area (Å²) in [7, 11) is 0. The summed E-state index contributed by atoms with van der Waals surface area (Å²) >= 11 is 2.35. The monoisotopic (exact) mass is 267 g/mol. The first-order valence-electron chi connectivity index (χ1n) is 3.71. The van der Waals surface area contributed by atoms with Crippen molar-refractivity contribution in [3.8, 4) is 0 Å². The number of halogens is 1. The van der Waals surface area contributed by atoms with Crippen molar-refractivity contribution >= 4 is 29.0 Å². The zero-order valence-electron chi connectivity index (χ0n) is 6.77. The Morgan fingerprint density at radius 2 is 2.45 bits per heavy atom. The molecular weight excluding hydrogens is 253 g/mol. The van der Waals surface area contributed by atoms with Gasteiger partial charge in [0.1, 0.15) is 0 Å². The van der Waals surface area contributed by atoms with Crippen molar-refractivity contribution in [1.29, 1.82) is 0 Å². The van der Waals surface area contributed by atoms with E-state index in [1.165, 1.54) is 0 Å². The van der Waals surface area contributed by atoms with Crippen molar-refractivity contribution in [2.45, 2.75) is 23.7 Å². The summed E-state index contributed by atoms with van der Waals surface area (Å²) in [6.07, 6.45) is 3.01. The van der Waals surface area contributed by atoms with Gasteiger partial charge in [-0.05, 0) is 12.0 Å². The van der Waals surface area contributed by atoms with Crippen molar-refractivity contribution < 1.29 is 4.79 Å². The van der Waals surface area contributed by atoms with E-state index in [0.29, 0.717) is 16.9 Å². The van der Waals surface area contributed by atoms with Crippen LogP contribution in [-0.2, 0) is 4.79 Å². The lowest BCUT2D eigenvalue weighted by Crippen LogP contribution is -2.18. The van der Waals surface area contributed by atoms with E-state index in [4.69, 9.17) is 0 Å². The van der Waals surface area contributed by atoms with E-state index in [0.717, 1.165) is 18.4 Å². The lowest BCUT2D eigenvalue weighted by molar-refractivity contribution is -0.109. The maximum atomic E-state index is 9.94. The second-order valence-corrected chi connectivity index (χ2v) is 3.92. The van der Waals surface area contributed by atoms with Crippen molar-refractivity contribution in [1.82, 2.24) is 5.32 Å². The summed E-state index contributed by atoms with van der Waals surface area (Å²) < 4.78 is 0.491. The number of amides is 1. The topological polar surface area (TPSA) is 29.1 Å².